The number of hydrogen-bond acceptors (Lipinski definition) is 2. The molecule has 0 spiro atoms. The van der Waals surface area contributed by atoms with Crippen LogP contribution in [0.4, 0.5) is 0 Å². The highest BCUT2D eigenvalue weighted by molar-refractivity contribution is 6.19. The Labute approximate surface area is 194 Å². The number of aromatic nitrogens is 4. The van der Waals surface area contributed by atoms with Crippen LogP contribution in [0.1, 0.15) is 0 Å². The Morgan fingerprint density at radius 2 is 1.29 bits per heavy atom. The number of imidazole rings is 1. The van der Waals surface area contributed by atoms with Crippen LogP contribution in [-0.4, -0.2) is 18.9 Å². The lowest BCUT2D eigenvalue weighted by Crippen LogP contribution is -1.96. The molecule has 0 aliphatic carbocycles. The minimum Gasteiger partial charge on any atom is -0.309 e. The third-order valence-electron chi connectivity index (χ3n) is 6.91. The molecule has 0 saturated carbocycles. The number of para-hydroxylation sites is 4. The second kappa shape index (κ2) is 6.42. The highest BCUT2D eigenvalue weighted by Gasteiger charge is 2.18. The summed E-state index contributed by atoms with van der Waals surface area (Å²) in [7, 11) is 0. The van der Waals surface area contributed by atoms with Crippen molar-refractivity contribution in [3.8, 4) is 5.69 Å². The lowest BCUT2D eigenvalue weighted by Gasteiger charge is -2.11. The lowest BCUT2D eigenvalue weighted by atomic mass is 10.1. The fourth-order valence-corrected chi connectivity index (χ4v) is 5.48. The van der Waals surface area contributed by atoms with Crippen molar-refractivity contribution in [3.63, 3.8) is 0 Å². The monoisotopic (exact) mass is 434 g/mol. The van der Waals surface area contributed by atoms with Crippen molar-refractivity contribution in [2.75, 3.05) is 0 Å². The average Bonchev–Trinajstić information content (AvgIpc) is 3.44. The number of nitrogens with zero attached hydrogens (tertiary/aromatic N) is 4. The van der Waals surface area contributed by atoms with Crippen LogP contribution in [0.25, 0.3) is 66.0 Å². The van der Waals surface area contributed by atoms with Gasteiger partial charge in [-0.2, -0.15) is 0 Å². The summed E-state index contributed by atoms with van der Waals surface area (Å²) >= 11 is 0. The Morgan fingerprint density at radius 1 is 0.529 bits per heavy atom. The van der Waals surface area contributed by atoms with Crippen LogP contribution in [0.5, 0.6) is 0 Å². The summed E-state index contributed by atoms with van der Waals surface area (Å²) in [4.78, 5) is 9.83. The van der Waals surface area contributed by atoms with Crippen molar-refractivity contribution in [1.82, 2.24) is 18.9 Å². The van der Waals surface area contributed by atoms with Gasteiger partial charge in [0.15, 0.2) is 0 Å². The molecule has 4 aromatic carbocycles. The Balaban J connectivity index is 1.69. The van der Waals surface area contributed by atoms with Gasteiger partial charge >= 0.3 is 0 Å². The molecule has 8 rings (SSSR count). The standard InChI is InChI=1S/C30H18N4/c1-2-9-19(10-3-1)33-25-14-6-4-11-20(25)22-17-23-28(18-27(22)33)34-26-15-7-5-13-24(26)32-30(34)21-12-8-16-31-29(21)23/h1-18H. The van der Waals surface area contributed by atoms with E-state index >= 15 is 0 Å². The van der Waals surface area contributed by atoms with Crippen molar-refractivity contribution in [2.45, 2.75) is 0 Å². The molecule has 8 aromatic rings. The first-order valence-corrected chi connectivity index (χ1v) is 11.4. The van der Waals surface area contributed by atoms with Crippen LogP contribution < -0.4 is 0 Å². The smallest absolute Gasteiger partial charge is 0.147 e. The molecule has 0 atom stereocenters. The van der Waals surface area contributed by atoms with E-state index in [2.05, 4.69) is 100.0 Å². The maximum atomic E-state index is 5.01. The van der Waals surface area contributed by atoms with E-state index < -0.39 is 0 Å². The first-order chi connectivity index (χ1) is 16.9. The first kappa shape index (κ1) is 17.8. The molecule has 34 heavy (non-hydrogen) atoms. The van der Waals surface area contributed by atoms with E-state index in [9.17, 15) is 0 Å². The molecule has 0 N–H and O–H groups in total. The van der Waals surface area contributed by atoms with Crippen LogP contribution in [0, 0.1) is 0 Å². The van der Waals surface area contributed by atoms with Gasteiger partial charge in [-0.3, -0.25) is 9.38 Å². The van der Waals surface area contributed by atoms with E-state index in [1.165, 1.54) is 21.8 Å². The molecule has 0 aliphatic heterocycles. The highest BCUT2D eigenvalue weighted by atomic mass is 15.0. The van der Waals surface area contributed by atoms with Gasteiger partial charge in [0, 0.05) is 33.4 Å². The topological polar surface area (TPSA) is 35.1 Å². The van der Waals surface area contributed by atoms with E-state index in [-0.39, 0.29) is 0 Å². The molecule has 158 valence electrons. The van der Waals surface area contributed by atoms with Gasteiger partial charge < -0.3 is 4.57 Å². The summed E-state index contributed by atoms with van der Waals surface area (Å²) in [6, 6.07) is 36.3. The second-order valence-corrected chi connectivity index (χ2v) is 8.73. The fraction of sp³-hybridized carbons (Fsp3) is 0. The summed E-state index contributed by atoms with van der Waals surface area (Å²) in [5.74, 6) is 0. The predicted molar refractivity (Wildman–Crippen MR) is 140 cm³/mol. The quantitative estimate of drug-likeness (QED) is 0.254. The van der Waals surface area contributed by atoms with Gasteiger partial charge in [-0.1, -0.05) is 48.5 Å². The number of pyridine rings is 2. The van der Waals surface area contributed by atoms with Gasteiger partial charge in [0.2, 0.25) is 0 Å². The molecule has 0 fully saturated rings. The zero-order valence-electron chi connectivity index (χ0n) is 18.2. The molecule has 4 heteroatoms. The normalized spacial score (nSPS) is 12.1. The number of benzene rings is 4. The third-order valence-corrected chi connectivity index (χ3v) is 6.91. The van der Waals surface area contributed by atoms with Crippen molar-refractivity contribution < 1.29 is 0 Å². The second-order valence-electron chi connectivity index (χ2n) is 8.73. The van der Waals surface area contributed by atoms with Gasteiger partial charge in [-0.05, 0) is 54.6 Å². The molecule has 0 amide bonds. The maximum Gasteiger partial charge on any atom is 0.147 e. The number of hydrogen-bond donors (Lipinski definition) is 0. The summed E-state index contributed by atoms with van der Waals surface area (Å²) < 4.78 is 4.65. The summed E-state index contributed by atoms with van der Waals surface area (Å²) in [6.45, 7) is 0. The Bertz CT molecular complexity index is 2060. The van der Waals surface area contributed by atoms with Gasteiger partial charge in [-0.15, -0.1) is 0 Å². The van der Waals surface area contributed by atoms with Crippen LogP contribution in [-0.2, 0) is 0 Å². The van der Waals surface area contributed by atoms with Crippen molar-refractivity contribution >= 4 is 60.3 Å². The van der Waals surface area contributed by atoms with Crippen LogP contribution >= 0.6 is 0 Å². The van der Waals surface area contributed by atoms with E-state index in [0.717, 1.165) is 44.2 Å². The summed E-state index contributed by atoms with van der Waals surface area (Å²) in [6.07, 6.45) is 1.87. The zero-order chi connectivity index (χ0) is 22.2. The number of fused-ring (bicyclic) bond motifs is 11. The van der Waals surface area contributed by atoms with Crippen molar-refractivity contribution in [2.24, 2.45) is 0 Å². The molecule has 4 aromatic heterocycles. The SMILES string of the molecule is c1ccc(-n2c3ccccc3c3cc4c5ncccc5c5nc6ccccc6n5c4cc32)cc1. The molecule has 0 bridgehead atoms. The highest BCUT2D eigenvalue weighted by Crippen LogP contribution is 2.38. The molecule has 4 nitrogen and oxygen atoms in total. The summed E-state index contributed by atoms with van der Waals surface area (Å²) in [5.41, 5.74) is 8.66. The summed E-state index contributed by atoms with van der Waals surface area (Å²) in [5, 5.41) is 4.66. The van der Waals surface area contributed by atoms with E-state index in [4.69, 9.17) is 9.97 Å². The predicted octanol–water partition coefficient (Wildman–Crippen LogP) is 7.29. The van der Waals surface area contributed by atoms with Gasteiger partial charge in [0.1, 0.15) is 5.65 Å². The molecule has 0 saturated heterocycles. The minimum atomic E-state index is 0.943. The molecule has 0 radical (unpaired) electrons. The molecule has 4 heterocycles. The third kappa shape index (κ3) is 2.22. The maximum absolute atomic E-state index is 5.01. The van der Waals surface area contributed by atoms with Crippen molar-refractivity contribution in [1.29, 1.82) is 0 Å². The lowest BCUT2D eigenvalue weighted by molar-refractivity contribution is 1.18. The van der Waals surface area contributed by atoms with E-state index in [1.54, 1.807) is 0 Å². The van der Waals surface area contributed by atoms with Gasteiger partial charge in [-0.25, -0.2) is 4.98 Å². The minimum absolute atomic E-state index is 0.943. The Kier molecular flexibility index (Phi) is 3.36. The number of rotatable bonds is 1. The Morgan fingerprint density at radius 3 is 2.21 bits per heavy atom. The molecule has 0 aliphatic rings. The van der Waals surface area contributed by atoms with E-state index in [0.29, 0.717) is 0 Å². The van der Waals surface area contributed by atoms with Gasteiger partial charge in [0.25, 0.3) is 0 Å². The zero-order valence-corrected chi connectivity index (χ0v) is 18.2. The average molecular weight is 435 g/mol. The van der Waals surface area contributed by atoms with Gasteiger partial charge in [0.05, 0.1) is 33.1 Å². The first-order valence-electron chi connectivity index (χ1n) is 11.4. The Hall–Kier alpha value is -4.70. The molecular weight excluding hydrogens is 416 g/mol. The van der Waals surface area contributed by atoms with E-state index in [1.807, 2.05) is 18.3 Å². The van der Waals surface area contributed by atoms with Crippen molar-refractivity contribution in [3.05, 3.63) is 109 Å². The van der Waals surface area contributed by atoms with Crippen LogP contribution in [0.2, 0.25) is 0 Å². The van der Waals surface area contributed by atoms with Crippen LogP contribution in [0.3, 0.4) is 0 Å². The van der Waals surface area contributed by atoms with Crippen LogP contribution in [0.15, 0.2) is 109 Å². The molecular formula is C30H18N4. The molecule has 0 unspecified atom stereocenters. The fourth-order valence-electron chi connectivity index (χ4n) is 5.48. The largest absolute Gasteiger partial charge is 0.309 e.